The summed E-state index contributed by atoms with van der Waals surface area (Å²) in [4.78, 5) is 12.5. The summed E-state index contributed by atoms with van der Waals surface area (Å²) in [5, 5.41) is 14.1. The van der Waals surface area contributed by atoms with Crippen LogP contribution in [0.4, 0.5) is 17.3 Å². The number of rotatable bonds is 6. The molecule has 1 amide bonds. The molecule has 0 aliphatic carbocycles. The summed E-state index contributed by atoms with van der Waals surface area (Å²) in [5.41, 5.74) is 3.74. The highest BCUT2D eigenvalue weighted by molar-refractivity contribution is 6.04. The van der Waals surface area contributed by atoms with Crippen molar-refractivity contribution < 1.29 is 14.3 Å². The Balaban J connectivity index is 1.70. The highest BCUT2D eigenvalue weighted by Crippen LogP contribution is 2.23. The molecule has 1 heterocycles. The van der Waals surface area contributed by atoms with E-state index in [0.717, 1.165) is 5.69 Å². The van der Waals surface area contributed by atoms with Gasteiger partial charge in [-0.05, 0) is 61.4 Å². The topological polar surface area (TPSA) is 85.4 Å². The Morgan fingerprint density at radius 3 is 2.04 bits per heavy atom. The second-order valence-electron chi connectivity index (χ2n) is 6.28. The third-order valence-corrected chi connectivity index (χ3v) is 4.30. The first-order valence-corrected chi connectivity index (χ1v) is 8.71. The number of anilines is 3. The van der Waals surface area contributed by atoms with Crippen molar-refractivity contribution in [1.82, 2.24) is 10.2 Å². The molecule has 3 aromatic rings. The molecule has 0 spiro atoms. The number of aromatic nitrogens is 2. The minimum Gasteiger partial charge on any atom is -0.497 e. The number of nitrogens with one attached hydrogen (secondary N) is 2. The van der Waals surface area contributed by atoms with Gasteiger partial charge in [-0.25, -0.2) is 0 Å². The maximum atomic E-state index is 12.5. The molecule has 7 nitrogen and oxygen atoms in total. The van der Waals surface area contributed by atoms with E-state index in [4.69, 9.17) is 9.47 Å². The summed E-state index contributed by atoms with van der Waals surface area (Å²) in [6.07, 6.45) is 0. The predicted molar refractivity (Wildman–Crippen MR) is 109 cm³/mol. The van der Waals surface area contributed by atoms with E-state index >= 15 is 0 Å². The Morgan fingerprint density at radius 1 is 0.821 bits per heavy atom. The van der Waals surface area contributed by atoms with Gasteiger partial charge in [-0.2, -0.15) is 0 Å². The number of ether oxygens (including phenoxy) is 2. The SMILES string of the molecule is COc1cc(OC)cc(C(=O)Nc2ccc(Nc3ccc(C)c(C)c3)nn2)c1. The van der Waals surface area contributed by atoms with Crippen LogP contribution in [-0.4, -0.2) is 30.3 Å². The average Bonchev–Trinajstić information content (AvgIpc) is 2.71. The average molecular weight is 378 g/mol. The summed E-state index contributed by atoms with van der Waals surface area (Å²) in [6.45, 7) is 4.12. The van der Waals surface area contributed by atoms with Gasteiger partial charge in [0.15, 0.2) is 11.6 Å². The Bertz CT molecular complexity index is 965. The number of carbonyl (C=O) groups is 1. The molecule has 2 aromatic carbocycles. The van der Waals surface area contributed by atoms with E-state index in [2.05, 4.69) is 34.7 Å². The van der Waals surface area contributed by atoms with Crippen LogP contribution in [0, 0.1) is 13.8 Å². The van der Waals surface area contributed by atoms with E-state index in [1.807, 2.05) is 18.2 Å². The van der Waals surface area contributed by atoms with Crippen LogP contribution in [0.2, 0.25) is 0 Å². The lowest BCUT2D eigenvalue weighted by Gasteiger charge is -2.10. The van der Waals surface area contributed by atoms with Crippen molar-refractivity contribution in [3.05, 3.63) is 65.2 Å². The maximum Gasteiger partial charge on any atom is 0.257 e. The molecule has 0 saturated carbocycles. The standard InChI is InChI=1S/C21H22N4O3/c1-13-5-6-16(9-14(13)2)22-19-7-8-20(25-24-19)23-21(26)15-10-17(27-3)12-18(11-15)28-4/h5-12H,1-4H3,(H,22,24)(H,23,25,26). The van der Waals surface area contributed by atoms with E-state index in [1.54, 1.807) is 30.3 Å². The zero-order valence-corrected chi connectivity index (χ0v) is 16.2. The molecule has 0 radical (unpaired) electrons. The predicted octanol–water partition coefficient (Wildman–Crippen LogP) is 4.11. The first-order valence-electron chi connectivity index (χ1n) is 8.71. The molecule has 0 unspecified atom stereocenters. The van der Waals surface area contributed by atoms with Gasteiger partial charge < -0.3 is 20.1 Å². The fourth-order valence-electron chi connectivity index (χ4n) is 2.56. The number of hydrogen-bond donors (Lipinski definition) is 2. The molecule has 0 fully saturated rings. The van der Waals surface area contributed by atoms with Crippen LogP contribution in [0.15, 0.2) is 48.5 Å². The van der Waals surface area contributed by atoms with Crippen molar-refractivity contribution in [1.29, 1.82) is 0 Å². The number of aryl methyl sites for hydroxylation is 2. The molecule has 0 aliphatic heterocycles. The van der Waals surface area contributed by atoms with Crippen LogP contribution < -0.4 is 20.1 Å². The molecule has 0 aliphatic rings. The van der Waals surface area contributed by atoms with Crippen molar-refractivity contribution in [2.24, 2.45) is 0 Å². The van der Waals surface area contributed by atoms with Gasteiger partial charge in [0.1, 0.15) is 11.5 Å². The first kappa shape index (κ1) is 19.2. The fourth-order valence-corrected chi connectivity index (χ4v) is 2.56. The third-order valence-electron chi connectivity index (χ3n) is 4.30. The number of amides is 1. The van der Waals surface area contributed by atoms with Crippen LogP contribution in [0.3, 0.4) is 0 Å². The zero-order chi connectivity index (χ0) is 20.1. The number of carbonyl (C=O) groups excluding carboxylic acids is 1. The number of nitrogens with zero attached hydrogens (tertiary/aromatic N) is 2. The minimum atomic E-state index is -0.332. The van der Waals surface area contributed by atoms with Crippen LogP contribution in [0.5, 0.6) is 11.5 Å². The van der Waals surface area contributed by atoms with Gasteiger partial charge in [0.2, 0.25) is 0 Å². The Hall–Kier alpha value is -3.61. The van der Waals surface area contributed by atoms with Gasteiger partial charge in [0, 0.05) is 17.3 Å². The largest absolute Gasteiger partial charge is 0.497 e. The summed E-state index contributed by atoms with van der Waals surface area (Å²) in [5.74, 6) is 1.66. The second kappa shape index (κ2) is 8.39. The lowest BCUT2D eigenvalue weighted by molar-refractivity contribution is 0.102. The smallest absolute Gasteiger partial charge is 0.257 e. The summed E-state index contributed by atoms with van der Waals surface area (Å²) >= 11 is 0. The van der Waals surface area contributed by atoms with Gasteiger partial charge in [-0.1, -0.05) is 6.07 Å². The molecule has 0 saturated heterocycles. The minimum absolute atomic E-state index is 0.332. The van der Waals surface area contributed by atoms with Crippen molar-refractivity contribution in [3.8, 4) is 11.5 Å². The molecular formula is C21H22N4O3. The summed E-state index contributed by atoms with van der Waals surface area (Å²) < 4.78 is 10.4. The quantitative estimate of drug-likeness (QED) is 0.671. The van der Waals surface area contributed by atoms with Gasteiger partial charge in [0.25, 0.3) is 5.91 Å². The van der Waals surface area contributed by atoms with E-state index in [-0.39, 0.29) is 5.91 Å². The number of hydrogen-bond acceptors (Lipinski definition) is 6. The molecule has 2 N–H and O–H groups in total. The van der Waals surface area contributed by atoms with Crippen molar-refractivity contribution in [2.75, 3.05) is 24.9 Å². The Kier molecular flexibility index (Phi) is 5.74. The van der Waals surface area contributed by atoms with Gasteiger partial charge in [-0.3, -0.25) is 4.79 Å². The molecule has 28 heavy (non-hydrogen) atoms. The van der Waals surface area contributed by atoms with Crippen LogP contribution in [-0.2, 0) is 0 Å². The zero-order valence-electron chi connectivity index (χ0n) is 16.2. The van der Waals surface area contributed by atoms with Gasteiger partial charge >= 0.3 is 0 Å². The van der Waals surface area contributed by atoms with Crippen molar-refractivity contribution in [2.45, 2.75) is 13.8 Å². The lowest BCUT2D eigenvalue weighted by atomic mass is 10.1. The maximum absolute atomic E-state index is 12.5. The molecule has 3 rings (SSSR count). The van der Waals surface area contributed by atoms with Crippen LogP contribution in [0.1, 0.15) is 21.5 Å². The second-order valence-corrected chi connectivity index (χ2v) is 6.28. The van der Waals surface area contributed by atoms with Crippen LogP contribution in [0.25, 0.3) is 0 Å². The summed E-state index contributed by atoms with van der Waals surface area (Å²) in [6, 6.07) is 14.5. The fraction of sp³-hybridized carbons (Fsp3) is 0.190. The van der Waals surface area contributed by atoms with Gasteiger partial charge in [-0.15, -0.1) is 10.2 Å². The van der Waals surface area contributed by atoms with Crippen molar-refractivity contribution >= 4 is 23.2 Å². The summed E-state index contributed by atoms with van der Waals surface area (Å²) in [7, 11) is 3.06. The van der Waals surface area contributed by atoms with E-state index in [1.165, 1.54) is 25.3 Å². The van der Waals surface area contributed by atoms with Crippen molar-refractivity contribution in [3.63, 3.8) is 0 Å². The number of benzene rings is 2. The monoisotopic (exact) mass is 378 g/mol. The molecule has 0 bridgehead atoms. The molecule has 0 atom stereocenters. The molecule has 1 aromatic heterocycles. The number of methoxy groups -OCH3 is 2. The first-order chi connectivity index (χ1) is 13.5. The van der Waals surface area contributed by atoms with Gasteiger partial charge in [0.05, 0.1) is 14.2 Å². The molecule has 7 heteroatoms. The third kappa shape index (κ3) is 4.56. The molecular weight excluding hydrogens is 356 g/mol. The highest BCUT2D eigenvalue weighted by atomic mass is 16.5. The Morgan fingerprint density at radius 2 is 1.46 bits per heavy atom. The van der Waals surface area contributed by atoms with E-state index < -0.39 is 0 Å². The van der Waals surface area contributed by atoms with Crippen LogP contribution >= 0.6 is 0 Å². The van der Waals surface area contributed by atoms with E-state index in [0.29, 0.717) is 28.7 Å². The Labute approximate surface area is 163 Å². The lowest BCUT2D eigenvalue weighted by Crippen LogP contribution is -2.14. The highest BCUT2D eigenvalue weighted by Gasteiger charge is 2.11. The molecule has 144 valence electrons. The normalized spacial score (nSPS) is 10.3. The van der Waals surface area contributed by atoms with E-state index in [9.17, 15) is 4.79 Å².